The van der Waals surface area contributed by atoms with Crippen LogP contribution in [0.15, 0.2) is 60.7 Å². The molecule has 0 amide bonds. The Morgan fingerprint density at radius 2 is 1.49 bits per heavy atom. The van der Waals surface area contributed by atoms with Crippen LogP contribution in [0.4, 0.5) is 4.39 Å². The van der Waals surface area contributed by atoms with Crippen LogP contribution in [-0.4, -0.2) is 52.3 Å². The number of imidazole rings is 1. The molecule has 180 valence electrons. The quantitative estimate of drug-likeness (QED) is 0.382. The summed E-state index contributed by atoms with van der Waals surface area (Å²) in [7, 11) is 0. The van der Waals surface area contributed by atoms with Crippen LogP contribution in [0.3, 0.4) is 0 Å². The molecule has 1 saturated heterocycles. The Hall–Kier alpha value is -3.13. The van der Waals surface area contributed by atoms with Crippen LogP contribution in [0.1, 0.15) is 17.0 Å². The van der Waals surface area contributed by atoms with Crippen LogP contribution in [0.5, 0.6) is 11.5 Å². The zero-order valence-electron chi connectivity index (χ0n) is 19.3. The minimum Gasteiger partial charge on any atom is -0.454 e. The number of ether oxygens (including phenoxy) is 2. The lowest BCUT2D eigenvalue weighted by molar-refractivity contribution is 0.119. The molecule has 3 heterocycles. The second-order valence-electron chi connectivity index (χ2n) is 9.04. The number of hydrogen-bond donors (Lipinski definition) is 0. The van der Waals surface area contributed by atoms with Crippen molar-refractivity contribution in [2.75, 3.05) is 33.0 Å². The Morgan fingerprint density at radius 1 is 0.800 bits per heavy atom. The highest BCUT2D eigenvalue weighted by Crippen LogP contribution is 2.37. The molecule has 1 aromatic heterocycles. The van der Waals surface area contributed by atoms with Gasteiger partial charge in [-0.2, -0.15) is 0 Å². The highest BCUT2D eigenvalue weighted by molar-refractivity contribution is 6.31. The van der Waals surface area contributed by atoms with E-state index in [1.165, 1.54) is 6.07 Å². The van der Waals surface area contributed by atoms with Crippen LogP contribution in [-0.2, 0) is 19.6 Å². The van der Waals surface area contributed by atoms with Crippen molar-refractivity contribution in [1.29, 1.82) is 0 Å². The van der Waals surface area contributed by atoms with Gasteiger partial charge >= 0.3 is 0 Å². The number of benzene rings is 3. The van der Waals surface area contributed by atoms with E-state index in [0.717, 1.165) is 67.4 Å². The van der Waals surface area contributed by atoms with E-state index < -0.39 is 0 Å². The van der Waals surface area contributed by atoms with Gasteiger partial charge in [0.05, 0.1) is 24.1 Å². The number of para-hydroxylation sites is 2. The normalized spacial score (nSPS) is 16.3. The van der Waals surface area contributed by atoms with E-state index in [1.54, 1.807) is 6.07 Å². The molecule has 6 nitrogen and oxygen atoms in total. The van der Waals surface area contributed by atoms with Gasteiger partial charge in [0.15, 0.2) is 11.5 Å². The van der Waals surface area contributed by atoms with Gasteiger partial charge in [-0.1, -0.05) is 41.9 Å². The number of piperazine rings is 1. The third kappa shape index (κ3) is 4.59. The lowest BCUT2D eigenvalue weighted by Gasteiger charge is -2.34. The first-order valence-corrected chi connectivity index (χ1v) is 12.2. The average Bonchev–Trinajstić information content (AvgIpc) is 3.46. The summed E-state index contributed by atoms with van der Waals surface area (Å²) in [5, 5.41) is 0.707. The third-order valence-electron chi connectivity index (χ3n) is 6.79. The van der Waals surface area contributed by atoms with Crippen molar-refractivity contribution >= 4 is 22.6 Å². The highest BCUT2D eigenvalue weighted by atomic mass is 35.5. The van der Waals surface area contributed by atoms with Crippen LogP contribution in [0.25, 0.3) is 11.0 Å². The van der Waals surface area contributed by atoms with Crippen molar-refractivity contribution in [2.24, 2.45) is 0 Å². The molecule has 2 aliphatic rings. The summed E-state index contributed by atoms with van der Waals surface area (Å²) in [4.78, 5) is 9.72. The second-order valence-corrected chi connectivity index (χ2v) is 9.45. The molecule has 3 aromatic carbocycles. The zero-order chi connectivity index (χ0) is 23.8. The Kier molecular flexibility index (Phi) is 6.06. The molecule has 6 rings (SSSR count). The Bertz CT molecular complexity index is 1370. The van der Waals surface area contributed by atoms with Gasteiger partial charge in [-0.15, -0.1) is 0 Å². The van der Waals surface area contributed by atoms with Gasteiger partial charge in [-0.05, 0) is 29.8 Å². The molecule has 0 unspecified atom stereocenters. The Morgan fingerprint density at radius 3 is 2.29 bits per heavy atom. The first-order chi connectivity index (χ1) is 17.1. The van der Waals surface area contributed by atoms with Crippen molar-refractivity contribution in [3.8, 4) is 11.5 Å². The maximum absolute atomic E-state index is 14.4. The largest absolute Gasteiger partial charge is 0.454 e. The molecule has 0 bridgehead atoms. The maximum Gasteiger partial charge on any atom is 0.231 e. The molecule has 0 N–H and O–H groups in total. The molecule has 35 heavy (non-hydrogen) atoms. The molecule has 0 aliphatic carbocycles. The summed E-state index contributed by atoms with van der Waals surface area (Å²) < 4.78 is 27.5. The summed E-state index contributed by atoms with van der Waals surface area (Å²) >= 11 is 6.49. The van der Waals surface area contributed by atoms with E-state index >= 15 is 0 Å². The first-order valence-electron chi connectivity index (χ1n) is 11.8. The smallest absolute Gasteiger partial charge is 0.231 e. The van der Waals surface area contributed by atoms with E-state index in [9.17, 15) is 4.39 Å². The summed E-state index contributed by atoms with van der Waals surface area (Å²) in [5.74, 6) is 2.24. The van der Waals surface area contributed by atoms with Crippen LogP contribution in [0.2, 0.25) is 5.02 Å². The second kappa shape index (κ2) is 9.49. The number of fused-ring (bicyclic) bond motifs is 2. The van der Waals surface area contributed by atoms with Crippen LogP contribution >= 0.6 is 11.6 Å². The molecule has 4 aromatic rings. The Labute approximate surface area is 208 Å². The number of halogens is 2. The molecule has 0 radical (unpaired) electrons. The summed E-state index contributed by atoms with van der Waals surface area (Å²) in [6, 6.07) is 18.9. The van der Waals surface area contributed by atoms with Gasteiger partial charge < -0.3 is 14.0 Å². The zero-order valence-corrected chi connectivity index (χ0v) is 20.0. The van der Waals surface area contributed by atoms with E-state index in [-0.39, 0.29) is 12.6 Å². The molecular weight excluding hydrogens is 467 g/mol. The number of rotatable bonds is 6. The summed E-state index contributed by atoms with van der Waals surface area (Å²) in [5.41, 5.74) is 3.69. The fraction of sp³-hybridized carbons (Fsp3) is 0.296. The number of nitrogens with zero attached hydrogens (tertiary/aromatic N) is 4. The number of aromatic nitrogens is 2. The van der Waals surface area contributed by atoms with E-state index in [4.69, 9.17) is 26.1 Å². The predicted molar refractivity (Wildman–Crippen MR) is 133 cm³/mol. The van der Waals surface area contributed by atoms with E-state index in [0.29, 0.717) is 22.9 Å². The molecule has 2 aliphatic heterocycles. The fourth-order valence-corrected chi connectivity index (χ4v) is 5.06. The van der Waals surface area contributed by atoms with Crippen molar-refractivity contribution in [3.05, 3.63) is 88.5 Å². The van der Waals surface area contributed by atoms with E-state index in [1.807, 2.05) is 42.5 Å². The van der Waals surface area contributed by atoms with Crippen molar-refractivity contribution in [3.63, 3.8) is 0 Å². The molecule has 0 spiro atoms. The lowest BCUT2D eigenvalue weighted by Crippen LogP contribution is -2.45. The molecule has 8 heteroatoms. The van der Waals surface area contributed by atoms with Crippen LogP contribution in [0, 0.1) is 5.82 Å². The van der Waals surface area contributed by atoms with Gasteiger partial charge in [0.1, 0.15) is 11.6 Å². The topological polar surface area (TPSA) is 42.8 Å². The van der Waals surface area contributed by atoms with Crippen molar-refractivity contribution in [1.82, 2.24) is 19.4 Å². The number of hydrogen-bond acceptors (Lipinski definition) is 5. The van der Waals surface area contributed by atoms with Gasteiger partial charge in [0.2, 0.25) is 6.79 Å². The van der Waals surface area contributed by atoms with Gasteiger partial charge in [-0.25, -0.2) is 9.37 Å². The fourth-order valence-electron chi connectivity index (χ4n) is 4.85. The minimum absolute atomic E-state index is 0.188. The monoisotopic (exact) mass is 492 g/mol. The predicted octanol–water partition coefficient (Wildman–Crippen LogP) is 4.92. The van der Waals surface area contributed by atoms with Gasteiger partial charge in [-0.3, -0.25) is 9.80 Å². The summed E-state index contributed by atoms with van der Waals surface area (Å²) in [6.07, 6.45) is 0. The average molecular weight is 493 g/mol. The molecule has 0 saturated carbocycles. The van der Waals surface area contributed by atoms with Crippen LogP contribution < -0.4 is 9.47 Å². The highest BCUT2D eigenvalue weighted by Gasteiger charge is 2.23. The Balaban J connectivity index is 1.15. The SMILES string of the molecule is Fc1ccccc1Cn1c(CN2CCN(Cc3cc4c(cc3Cl)OCO4)CC2)nc2ccccc21. The first kappa shape index (κ1) is 22.3. The maximum atomic E-state index is 14.4. The molecular formula is C27H26ClFN4O2. The van der Waals surface area contributed by atoms with Crippen molar-refractivity contribution in [2.45, 2.75) is 19.6 Å². The van der Waals surface area contributed by atoms with Gasteiger partial charge in [0, 0.05) is 49.4 Å². The standard InChI is InChI=1S/C27H26ClFN4O2/c28-21-14-26-25(34-18-35-26)13-20(21)15-31-9-11-32(12-10-31)17-27-30-23-7-3-4-8-24(23)33(27)16-19-5-1-2-6-22(19)29/h1-8,13-14H,9-12,15-18H2. The van der Waals surface area contributed by atoms with E-state index in [2.05, 4.69) is 20.4 Å². The third-order valence-corrected chi connectivity index (χ3v) is 7.14. The van der Waals surface area contributed by atoms with Gasteiger partial charge in [0.25, 0.3) is 0 Å². The minimum atomic E-state index is -0.188. The lowest BCUT2D eigenvalue weighted by atomic mass is 10.1. The molecule has 1 fully saturated rings. The molecule has 0 atom stereocenters. The van der Waals surface area contributed by atoms with Crippen molar-refractivity contribution < 1.29 is 13.9 Å². The summed E-state index contributed by atoms with van der Waals surface area (Å²) in [6.45, 7) is 5.91.